The van der Waals surface area contributed by atoms with E-state index in [9.17, 15) is 0 Å². The lowest BCUT2D eigenvalue weighted by Gasteiger charge is -2.12. The maximum Gasteiger partial charge on any atom is 0.279 e. The van der Waals surface area contributed by atoms with Gasteiger partial charge in [0.1, 0.15) is 0 Å². The average molecular weight is 286 g/mol. The number of likely N-dealkylation sites (N-methyl/N-ethyl adjacent to an activating group) is 1. The molecule has 2 N–H and O–H groups in total. The topological polar surface area (TPSA) is 86.0 Å². The van der Waals surface area contributed by atoms with Crippen LogP contribution in [-0.4, -0.2) is 45.5 Å². The number of para-hydroxylation sites is 1. The molecule has 110 valence electrons. The molecule has 0 bridgehead atoms. The molecule has 2 aromatic heterocycles. The number of hydrogen-bond donors (Lipinski definition) is 1. The quantitative estimate of drug-likeness (QED) is 0.775. The molecule has 0 radical (unpaired) electrons. The van der Waals surface area contributed by atoms with Crippen LogP contribution in [0.25, 0.3) is 22.5 Å². The first-order valence-electron chi connectivity index (χ1n) is 6.72. The van der Waals surface area contributed by atoms with Crippen LogP contribution < -0.4 is 5.73 Å². The summed E-state index contributed by atoms with van der Waals surface area (Å²) in [5, 5.41) is 9.42. The zero-order valence-corrected chi connectivity index (χ0v) is 12.3. The number of aryl methyl sites for hydroxylation is 1. The van der Waals surface area contributed by atoms with Gasteiger partial charge in [-0.3, -0.25) is 4.68 Å². The van der Waals surface area contributed by atoms with Gasteiger partial charge in [0.15, 0.2) is 11.5 Å². The van der Waals surface area contributed by atoms with E-state index in [2.05, 4.69) is 15.2 Å². The van der Waals surface area contributed by atoms with Crippen LogP contribution in [0.4, 0.5) is 0 Å². The van der Waals surface area contributed by atoms with E-state index in [1.807, 2.05) is 50.3 Å². The molecule has 0 aliphatic carbocycles. The Balaban J connectivity index is 1.99. The van der Waals surface area contributed by atoms with Gasteiger partial charge >= 0.3 is 0 Å². The Kier molecular flexibility index (Phi) is 3.44. The summed E-state index contributed by atoms with van der Waals surface area (Å²) < 4.78 is 7.14. The van der Waals surface area contributed by atoms with Crippen molar-refractivity contribution in [3.8, 4) is 11.6 Å². The minimum atomic E-state index is -0.285. The van der Waals surface area contributed by atoms with E-state index in [-0.39, 0.29) is 6.04 Å². The summed E-state index contributed by atoms with van der Waals surface area (Å²) in [5.41, 5.74) is 7.76. The molecule has 21 heavy (non-hydrogen) atoms. The van der Waals surface area contributed by atoms with Crippen molar-refractivity contribution < 1.29 is 4.52 Å². The molecule has 1 aromatic carbocycles. The van der Waals surface area contributed by atoms with Crippen molar-refractivity contribution in [2.75, 3.05) is 20.6 Å². The first-order valence-corrected chi connectivity index (χ1v) is 6.72. The SMILES string of the molecule is CN(C)CC(N)c1noc(-c2nn(C)c3ccccc23)n1. The summed E-state index contributed by atoms with van der Waals surface area (Å²) in [5.74, 6) is 0.893. The molecule has 0 spiro atoms. The second kappa shape index (κ2) is 5.27. The molecule has 0 saturated carbocycles. The Hall–Kier alpha value is -2.25. The maximum absolute atomic E-state index is 6.05. The Labute approximate surface area is 122 Å². The Bertz CT molecular complexity index is 760. The van der Waals surface area contributed by atoms with Gasteiger partial charge in [0.05, 0.1) is 11.6 Å². The van der Waals surface area contributed by atoms with Crippen molar-refractivity contribution in [1.82, 2.24) is 24.8 Å². The molecule has 2 heterocycles. The maximum atomic E-state index is 6.05. The predicted molar refractivity (Wildman–Crippen MR) is 79.5 cm³/mol. The molecule has 1 unspecified atom stereocenters. The molecule has 7 nitrogen and oxygen atoms in total. The van der Waals surface area contributed by atoms with E-state index in [1.165, 1.54) is 0 Å². The van der Waals surface area contributed by atoms with E-state index in [4.69, 9.17) is 10.3 Å². The van der Waals surface area contributed by atoms with E-state index in [0.29, 0.717) is 24.0 Å². The van der Waals surface area contributed by atoms with Crippen molar-refractivity contribution >= 4 is 10.9 Å². The van der Waals surface area contributed by atoms with Crippen LogP contribution in [0.15, 0.2) is 28.8 Å². The number of rotatable bonds is 4. The number of hydrogen-bond acceptors (Lipinski definition) is 6. The fourth-order valence-electron chi connectivity index (χ4n) is 2.33. The Morgan fingerprint density at radius 3 is 2.86 bits per heavy atom. The van der Waals surface area contributed by atoms with Crippen molar-refractivity contribution in [1.29, 1.82) is 0 Å². The second-order valence-corrected chi connectivity index (χ2v) is 5.32. The van der Waals surface area contributed by atoms with Gasteiger partial charge in [-0.15, -0.1) is 0 Å². The highest BCUT2D eigenvalue weighted by atomic mass is 16.5. The van der Waals surface area contributed by atoms with E-state index >= 15 is 0 Å². The average Bonchev–Trinajstić information content (AvgIpc) is 3.04. The molecule has 7 heteroatoms. The second-order valence-electron chi connectivity index (χ2n) is 5.32. The lowest BCUT2D eigenvalue weighted by atomic mass is 10.2. The van der Waals surface area contributed by atoms with Gasteiger partial charge in [-0.2, -0.15) is 10.1 Å². The highest BCUT2D eigenvalue weighted by Crippen LogP contribution is 2.26. The monoisotopic (exact) mass is 286 g/mol. The number of aromatic nitrogens is 4. The molecule has 0 saturated heterocycles. The van der Waals surface area contributed by atoms with E-state index in [1.54, 1.807) is 4.68 Å². The normalized spacial score (nSPS) is 13.2. The van der Waals surface area contributed by atoms with Crippen molar-refractivity contribution in [2.24, 2.45) is 12.8 Å². The van der Waals surface area contributed by atoms with Crippen LogP contribution in [0.2, 0.25) is 0 Å². The van der Waals surface area contributed by atoms with Gasteiger partial charge in [0.2, 0.25) is 0 Å². The zero-order valence-electron chi connectivity index (χ0n) is 12.3. The number of nitrogens with zero attached hydrogens (tertiary/aromatic N) is 5. The molecule has 3 aromatic rings. The summed E-state index contributed by atoms with van der Waals surface area (Å²) >= 11 is 0. The molecule has 0 aliphatic heterocycles. The highest BCUT2D eigenvalue weighted by molar-refractivity contribution is 5.91. The zero-order chi connectivity index (χ0) is 15.0. The number of nitrogens with two attached hydrogens (primary N) is 1. The Morgan fingerprint density at radius 2 is 2.10 bits per heavy atom. The van der Waals surface area contributed by atoms with Gasteiger partial charge in [-0.25, -0.2) is 0 Å². The molecular formula is C14H18N6O. The molecule has 3 rings (SSSR count). The van der Waals surface area contributed by atoms with Crippen LogP contribution >= 0.6 is 0 Å². The standard InChI is InChI=1S/C14H18N6O/c1-19(2)8-10(15)13-16-14(21-18-13)12-9-6-4-5-7-11(9)20(3)17-12/h4-7,10H,8,15H2,1-3H3. The van der Waals surface area contributed by atoms with Gasteiger partial charge in [0.25, 0.3) is 5.89 Å². The third-order valence-corrected chi connectivity index (χ3v) is 3.30. The van der Waals surface area contributed by atoms with Crippen LogP contribution in [-0.2, 0) is 7.05 Å². The minimum absolute atomic E-state index is 0.285. The summed E-state index contributed by atoms with van der Waals surface area (Å²) in [4.78, 5) is 6.37. The first kappa shape index (κ1) is 13.7. The summed E-state index contributed by atoms with van der Waals surface area (Å²) in [6, 6.07) is 7.64. The van der Waals surface area contributed by atoms with Crippen LogP contribution in [0.5, 0.6) is 0 Å². The van der Waals surface area contributed by atoms with Gasteiger partial charge in [-0.05, 0) is 20.2 Å². The lowest BCUT2D eigenvalue weighted by Crippen LogP contribution is -2.26. The predicted octanol–water partition coefficient (Wildman–Crippen LogP) is 1.18. The fourth-order valence-corrected chi connectivity index (χ4v) is 2.33. The summed E-state index contributed by atoms with van der Waals surface area (Å²) in [7, 11) is 5.79. The highest BCUT2D eigenvalue weighted by Gasteiger charge is 2.19. The van der Waals surface area contributed by atoms with Crippen molar-refractivity contribution in [3.05, 3.63) is 30.1 Å². The number of benzene rings is 1. The molecule has 0 aliphatic rings. The van der Waals surface area contributed by atoms with Crippen molar-refractivity contribution in [2.45, 2.75) is 6.04 Å². The third-order valence-electron chi connectivity index (χ3n) is 3.30. The molecule has 1 atom stereocenters. The molecular weight excluding hydrogens is 268 g/mol. The summed E-state index contributed by atoms with van der Waals surface area (Å²) in [6.07, 6.45) is 0. The fraction of sp³-hybridized carbons (Fsp3) is 0.357. The van der Waals surface area contributed by atoms with Crippen molar-refractivity contribution in [3.63, 3.8) is 0 Å². The smallest absolute Gasteiger partial charge is 0.279 e. The molecule has 0 fully saturated rings. The summed E-state index contributed by atoms with van der Waals surface area (Å²) in [6.45, 7) is 0.655. The van der Waals surface area contributed by atoms with Crippen LogP contribution in [0.1, 0.15) is 11.9 Å². The van der Waals surface area contributed by atoms with Gasteiger partial charge < -0.3 is 15.2 Å². The van der Waals surface area contributed by atoms with E-state index in [0.717, 1.165) is 10.9 Å². The van der Waals surface area contributed by atoms with Crippen LogP contribution in [0.3, 0.4) is 0 Å². The first-order chi connectivity index (χ1) is 10.1. The lowest BCUT2D eigenvalue weighted by molar-refractivity contribution is 0.357. The Morgan fingerprint density at radius 1 is 1.33 bits per heavy atom. The number of fused-ring (bicyclic) bond motifs is 1. The van der Waals surface area contributed by atoms with Gasteiger partial charge in [0, 0.05) is 19.0 Å². The largest absolute Gasteiger partial charge is 0.332 e. The molecule has 0 amide bonds. The minimum Gasteiger partial charge on any atom is -0.332 e. The van der Waals surface area contributed by atoms with Crippen LogP contribution in [0, 0.1) is 0 Å². The van der Waals surface area contributed by atoms with Gasteiger partial charge in [-0.1, -0.05) is 23.4 Å². The third kappa shape index (κ3) is 2.53. The van der Waals surface area contributed by atoms with E-state index < -0.39 is 0 Å².